The maximum absolute atomic E-state index is 11.4. The predicted molar refractivity (Wildman–Crippen MR) is 88.1 cm³/mol. The van der Waals surface area contributed by atoms with Gasteiger partial charge in [0.05, 0.1) is 23.4 Å². The summed E-state index contributed by atoms with van der Waals surface area (Å²) in [6.07, 6.45) is 2.63. The van der Waals surface area contributed by atoms with Crippen LogP contribution in [0.1, 0.15) is 11.6 Å². The molecule has 0 spiro atoms. The molecule has 0 aliphatic carbocycles. The summed E-state index contributed by atoms with van der Waals surface area (Å²) in [6, 6.07) is 8.30. The maximum Gasteiger partial charge on any atom is 0.332 e. The molecule has 0 fully saturated rings. The first-order chi connectivity index (χ1) is 11.4. The Morgan fingerprint density at radius 2 is 2.00 bits per heavy atom. The highest BCUT2D eigenvalue weighted by Gasteiger charge is 2.15. The van der Waals surface area contributed by atoms with Crippen molar-refractivity contribution in [2.75, 3.05) is 0 Å². The van der Waals surface area contributed by atoms with Gasteiger partial charge in [-0.25, -0.2) is 4.98 Å². The molecule has 8 heteroatoms. The summed E-state index contributed by atoms with van der Waals surface area (Å²) >= 11 is 5.87. The van der Waals surface area contributed by atoms with E-state index in [9.17, 15) is 14.9 Å². The van der Waals surface area contributed by atoms with Gasteiger partial charge in [-0.1, -0.05) is 11.6 Å². The zero-order valence-corrected chi connectivity index (χ0v) is 13.4. The number of aromatic nitrogens is 2. The fraction of sp³-hybridized carbons (Fsp3) is 0.125. The first-order valence-electron chi connectivity index (χ1n) is 7.01. The lowest BCUT2D eigenvalue weighted by Crippen LogP contribution is -2.11. The van der Waals surface area contributed by atoms with Crippen LogP contribution < -0.4 is 5.43 Å². The second kappa shape index (κ2) is 6.29. The molecule has 2 heterocycles. The van der Waals surface area contributed by atoms with Gasteiger partial charge in [0, 0.05) is 22.8 Å². The molecule has 3 rings (SSSR count). The average Bonchev–Trinajstić information content (AvgIpc) is 2.90. The Morgan fingerprint density at radius 1 is 1.29 bits per heavy atom. The number of hydrogen-bond donors (Lipinski definition) is 0. The molecular formula is C16H12ClN3O4. The number of halogens is 1. The standard InChI is InChI=1S/C16H12ClN3O4/c1-10-16(11-2-4-12(17)5-3-11)24-15(18-10)9-19-7-6-14(21)13(8-19)20(22)23/h2-8H,9H2,1H3. The highest BCUT2D eigenvalue weighted by Crippen LogP contribution is 2.26. The maximum atomic E-state index is 11.4. The molecule has 1 aromatic carbocycles. The van der Waals surface area contributed by atoms with E-state index in [1.165, 1.54) is 17.0 Å². The van der Waals surface area contributed by atoms with Gasteiger partial charge < -0.3 is 8.98 Å². The Bertz CT molecular complexity index is 960. The van der Waals surface area contributed by atoms with Crippen LogP contribution in [0.5, 0.6) is 0 Å². The number of nitrogens with zero attached hydrogens (tertiary/aromatic N) is 3. The molecule has 0 aliphatic rings. The Labute approximate surface area is 141 Å². The van der Waals surface area contributed by atoms with Crippen LogP contribution >= 0.6 is 11.6 Å². The van der Waals surface area contributed by atoms with Crippen LogP contribution in [0, 0.1) is 17.0 Å². The fourth-order valence-electron chi connectivity index (χ4n) is 2.29. The van der Waals surface area contributed by atoms with Gasteiger partial charge in [-0.05, 0) is 31.2 Å². The third kappa shape index (κ3) is 3.21. The Kier molecular flexibility index (Phi) is 4.18. The van der Waals surface area contributed by atoms with Crippen molar-refractivity contribution in [3.8, 4) is 11.3 Å². The Hall–Kier alpha value is -2.93. The van der Waals surface area contributed by atoms with Crippen LogP contribution in [-0.2, 0) is 6.54 Å². The first-order valence-corrected chi connectivity index (χ1v) is 7.38. The van der Waals surface area contributed by atoms with Crippen molar-refractivity contribution in [3.05, 3.63) is 79.7 Å². The molecule has 0 amide bonds. The van der Waals surface area contributed by atoms with E-state index < -0.39 is 16.0 Å². The molecule has 0 unspecified atom stereocenters. The Morgan fingerprint density at radius 3 is 2.67 bits per heavy atom. The minimum Gasteiger partial charge on any atom is -0.438 e. The lowest BCUT2D eigenvalue weighted by Gasteiger charge is -2.02. The van der Waals surface area contributed by atoms with Gasteiger partial charge in [0.15, 0.2) is 5.76 Å². The van der Waals surface area contributed by atoms with E-state index >= 15 is 0 Å². The van der Waals surface area contributed by atoms with Crippen molar-refractivity contribution >= 4 is 17.3 Å². The van der Waals surface area contributed by atoms with Crippen molar-refractivity contribution in [1.82, 2.24) is 9.55 Å². The van der Waals surface area contributed by atoms with Crippen molar-refractivity contribution in [3.63, 3.8) is 0 Å². The summed E-state index contributed by atoms with van der Waals surface area (Å²) in [5.74, 6) is 0.993. The van der Waals surface area contributed by atoms with E-state index in [0.717, 1.165) is 11.6 Å². The fourth-order valence-corrected chi connectivity index (χ4v) is 2.42. The average molecular weight is 346 g/mol. The predicted octanol–water partition coefficient (Wildman–Crippen LogP) is 3.42. The van der Waals surface area contributed by atoms with Crippen LogP contribution in [-0.4, -0.2) is 14.5 Å². The molecule has 0 atom stereocenters. The second-order valence-electron chi connectivity index (χ2n) is 5.15. The van der Waals surface area contributed by atoms with Crippen LogP contribution in [0.4, 0.5) is 5.69 Å². The SMILES string of the molecule is Cc1nc(Cn2ccc(=O)c([N+](=O)[O-])c2)oc1-c1ccc(Cl)cc1. The second-order valence-corrected chi connectivity index (χ2v) is 5.59. The molecule has 24 heavy (non-hydrogen) atoms. The van der Waals surface area contributed by atoms with Crippen LogP contribution in [0.2, 0.25) is 5.02 Å². The highest BCUT2D eigenvalue weighted by atomic mass is 35.5. The summed E-state index contributed by atoms with van der Waals surface area (Å²) < 4.78 is 7.23. The molecule has 0 saturated heterocycles. The summed E-state index contributed by atoms with van der Waals surface area (Å²) in [7, 11) is 0. The first kappa shape index (κ1) is 15.9. The van der Waals surface area contributed by atoms with Crippen molar-refractivity contribution < 1.29 is 9.34 Å². The molecule has 3 aromatic rings. The molecule has 0 aliphatic heterocycles. The summed E-state index contributed by atoms with van der Waals surface area (Å²) in [4.78, 5) is 25.9. The molecule has 7 nitrogen and oxygen atoms in total. The van der Waals surface area contributed by atoms with Gasteiger partial charge in [0.25, 0.3) is 5.43 Å². The normalized spacial score (nSPS) is 10.8. The number of benzene rings is 1. The summed E-state index contributed by atoms with van der Waals surface area (Å²) in [6.45, 7) is 1.99. The van der Waals surface area contributed by atoms with E-state index in [4.69, 9.17) is 16.0 Å². The van der Waals surface area contributed by atoms with E-state index in [2.05, 4.69) is 4.98 Å². The largest absolute Gasteiger partial charge is 0.438 e. The number of pyridine rings is 1. The van der Waals surface area contributed by atoms with Crippen molar-refractivity contribution in [2.45, 2.75) is 13.5 Å². The zero-order valence-electron chi connectivity index (χ0n) is 12.6. The number of nitro groups is 1. The van der Waals surface area contributed by atoms with Gasteiger partial charge in [0.2, 0.25) is 5.89 Å². The summed E-state index contributed by atoms with van der Waals surface area (Å²) in [5.41, 5.74) is 0.407. The summed E-state index contributed by atoms with van der Waals surface area (Å²) in [5, 5.41) is 11.5. The van der Waals surface area contributed by atoms with E-state index in [1.54, 1.807) is 12.1 Å². The molecule has 122 valence electrons. The van der Waals surface area contributed by atoms with Crippen molar-refractivity contribution in [1.29, 1.82) is 0 Å². The van der Waals surface area contributed by atoms with Crippen LogP contribution in [0.25, 0.3) is 11.3 Å². The molecule has 0 bridgehead atoms. The lowest BCUT2D eigenvalue weighted by molar-refractivity contribution is -0.386. The number of aryl methyl sites for hydroxylation is 1. The van der Waals surface area contributed by atoms with E-state index in [1.807, 2.05) is 19.1 Å². The van der Waals surface area contributed by atoms with Gasteiger partial charge in [-0.3, -0.25) is 14.9 Å². The molecular weight excluding hydrogens is 334 g/mol. The molecule has 0 N–H and O–H groups in total. The highest BCUT2D eigenvalue weighted by molar-refractivity contribution is 6.30. The number of hydrogen-bond acceptors (Lipinski definition) is 5. The number of rotatable bonds is 4. The van der Waals surface area contributed by atoms with Crippen LogP contribution in [0.15, 0.2) is 51.9 Å². The van der Waals surface area contributed by atoms with Gasteiger partial charge >= 0.3 is 5.69 Å². The minimum absolute atomic E-state index is 0.176. The lowest BCUT2D eigenvalue weighted by atomic mass is 10.1. The monoisotopic (exact) mass is 345 g/mol. The minimum atomic E-state index is -0.710. The van der Waals surface area contributed by atoms with E-state index in [0.29, 0.717) is 22.4 Å². The molecule has 0 radical (unpaired) electrons. The zero-order chi connectivity index (χ0) is 17.3. The Balaban J connectivity index is 1.91. The topological polar surface area (TPSA) is 91.2 Å². The quantitative estimate of drug-likeness (QED) is 0.533. The van der Waals surface area contributed by atoms with Gasteiger partial charge in [-0.2, -0.15) is 0 Å². The smallest absolute Gasteiger partial charge is 0.332 e. The van der Waals surface area contributed by atoms with E-state index in [-0.39, 0.29) is 6.54 Å². The van der Waals surface area contributed by atoms with Gasteiger partial charge in [-0.15, -0.1) is 0 Å². The van der Waals surface area contributed by atoms with Gasteiger partial charge in [0.1, 0.15) is 0 Å². The third-order valence-electron chi connectivity index (χ3n) is 3.42. The molecule has 2 aromatic heterocycles. The van der Waals surface area contributed by atoms with Crippen LogP contribution in [0.3, 0.4) is 0 Å². The van der Waals surface area contributed by atoms with Crippen molar-refractivity contribution in [2.24, 2.45) is 0 Å². The molecule has 0 saturated carbocycles. The third-order valence-corrected chi connectivity index (χ3v) is 3.67. The number of oxazole rings is 1.